The molecule has 0 saturated carbocycles. The number of halogens is 3. The van der Waals surface area contributed by atoms with Gasteiger partial charge >= 0.3 is 5.91 Å². The van der Waals surface area contributed by atoms with Crippen LogP contribution in [0.15, 0.2) is 54.7 Å². The number of nitrogens with one attached hydrogen (secondary N) is 2. The molecule has 4 N–H and O–H groups in total. The Labute approximate surface area is 169 Å². The van der Waals surface area contributed by atoms with Crippen LogP contribution in [0.2, 0.25) is 0 Å². The van der Waals surface area contributed by atoms with E-state index in [2.05, 4.69) is 10.3 Å². The van der Waals surface area contributed by atoms with Crippen molar-refractivity contribution in [3.05, 3.63) is 89.0 Å². The molecule has 0 radical (unpaired) electrons. The van der Waals surface area contributed by atoms with Crippen molar-refractivity contribution in [2.75, 3.05) is 6.54 Å². The van der Waals surface area contributed by atoms with Crippen molar-refractivity contribution < 1.29 is 32.5 Å². The van der Waals surface area contributed by atoms with Gasteiger partial charge in [0.15, 0.2) is 6.20 Å². The van der Waals surface area contributed by atoms with Gasteiger partial charge in [0, 0.05) is 24.7 Å². The normalized spacial score (nSPS) is 10.5. The van der Waals surface area contributed by atoms with Crippen LogP contribution >= 0.6 is 0 Å². The highest BCUT2D eigenvalue weighted by atomic mass is 19.1. The average Bonchev–Trinajstić information content (AvgIpc) is 2.67. The number of aromatic amines is 1. The van der Waals surface area contributed by atoms with Crippen molar-refractivity contribution in [3.63, 3.8) is 0 Å². The maximum absolute atomic E-state index is 13.7. The van der Waals surface area contributed by atoms with E-state index in [1.165, 1.54) is 12.3 Å². The zero-order valence-electron chi connectivity index (χ0n) is 15.5. The SMILES string of the molecule is NC(=O)c1cc(Oc2cccc(CCNC(=O)c3c(F)cc(F)cc3F)c2)cc[nH+]1. The first-order valence-corrected chi connectivity index (χ1v) is 8.84. The lowest BCUT2D eigenvalue weighted by molar-refractivity contribution is -0.382. The lowest BCUT2D eigenvalue weighted by Crippen LogP contribution is -2.27. The number of H-pyrrole nitrogens is 1. The van der Waals surface area contributed by atoms with E-state index in [4.69, 9.17) is 10.5 Å². The lowest BCUT2D eigenvalue weighted by Gasteiger charge is -2.09. The molecule has 0 bridgehead atoms. The Kier molecular flexibility index (Phi) is 6.31. The Morgan fingerprint density at radius 2 is 1.70 bits per heavy atom. The van der Waals surface area contributed by atoms with Crippen LogP contribution in [-0.2, 0) is 6.42 Å². The molecule has 30 heavy (non-hydrogen) atoms. The second-order valence-electron chi connectivity index (χ2n) is 6.30. The third-order valence-corrected chi connectivity index (χ3v) is 4.11. The molecule has 1 heterocycles. The topological polar surface area (TPSA) is 95.6 Å². The van der Waals surface area contributed by atoms with Crippen LogP contribution in [-0.4, -0.2) is 18.4 Å². The minimum absolute atomic E-state index is 0.0880. The molecule has 0 aliphatic carbocycles. The summed E-state index contributed by atoms with van der Waals surface area (Å²) in [5, 5.41) is 2.40. The van der Waals surface area contributed by atoms with Crippen LogP contribution in [0.3, 0.4) is 0 Å². The summed E-state index contributed by atoms with van der Waals surface area (Å²) < 4.78 is 46.0. The highest BCUT2D eigenvalue weighted by Gasteiger charge is 2.18. The highest BCUT2D eigenvalue weighted by Crippen LogP contribution is 2.22. The van der Waals surface area contributed by atoms with Gasteiger partial charge in [-0.05, 0) is 24.1 Å². The minimum atomic E-state index is -1.27. The number of rotatable bonds is 7. The molecule has 1 aromatic heterocycles. The Morgan fingerprint density at radius 3 is 2.40 bits per heavy atom. The second-order valence-corrected chi connectivity index (χ2v) is 6.30. The van der Waals surface area contributed by atoms with Gasteiger partial charge in [-0.15, -0.1) is 0 Å². The monoisotopic (exact) mass is 416 g/mol. The summed E-state index contributed by atoms with van der Waals surface area (Å²) in [5.41, 5.74) is 5.36. The first-order valence-electron chi connectivity index (χ1n) is 8.84. The van der Waals surface area contributed by atoms with E-state index in [9.17, 15) is 22.8 Å². The molecule has 3 aromatic rings. The number of hydrogen-bond donors (Lipinski definition) is 2. The number of primary amides is 1. The molecule has 0 fully saturated rings. The number of carbonyl (C=O) groups excluding carboxylic acids is 2. The molecule has 2 amide bonds. The molecule has 2 aromatic carbocycles. The van der Waals surface area contributed by atoms with Crippen molar-refractivity contribution in [1.82, 2.24) is 5.32 Å². The van der Waals surface area contributed by atoms with Crippen molar-refractivity contribution in [3.8, 4) is 11.5 Å². The fourth-order valence-corrected chi connectivity index (χ4v) is 2.72. The minimum Gasteiger partial charge on any atom is -0.457 e. The maximum atomic E-state index is 13.7. The number of benzene rings is 2. The molecular weight excluding hydrogens is 399 g/mol. The fourth-order valence-electron chi connectivity index (χ4n) is 2.72. The number of ether oxygens (including phenoxy) is 1. The van der Waals surface area contributed by atoms with Crippen LogP contribution in [0.5, 0.6) is 11.5 Å². The van der Waals surface area contributed by atoms with Gasteiger partial charge in [0.1, 0.15) is 34.5 Å². The van der Waals surface area contributed by atoms with Crippen LogP contribution < -0.4 is 20.8 Å². The average molecular weight is 416 g/mol. The second kappa shape index (κ2) is 9.08. The lowest BCUT2D eigenvalue weighted by atomic mass is 10.1. The first-order chi connectivity index (χ1) is 14.3. The van der Waals surface area contributed by atoms with Crippen LogP contribution in [0, 0.1) is 17.5 Å². The summed E-state index contributed by atoms with van der Waals surface area (Å²) in [6, 6.07) is 10.9. The zero-order chi connectivity index (χ0) is 21.7. The van der Waals surface area contributed by atoms with Gasteiger partial charge in [-0.2, -0.15) is 0 Å². The molecule has 0 atom stereocenters. The maximum Gasteiger partial charge on any atom is 0.313 e. The molecule has 0 aliphatic heterocycles. The highest BCUT2D eigenvalue weighted by molar-refractivity contribution is 5.94. The predicted octanol–water partition coefficient (Wildman–Crippen LogP) is 2.78. The summed E-state index contributed by atoms with van der Waals surface area (Å²) >= 11 is 0. The van der Waals surface area contributed by atoms with Gasteiger partial charge in [0.2, 0.25) is 0 Å². The first kappa shape index (κ1) is 20.8. The number of carbonyl (C=O) groups is 2. The van der Waals surface area contributed by atoms with Crippen molar-refractivity contribution in [1.29, 1.82) is 0 Å². The quantitative estimate of drug-likeness (QED) is 0.620. The molecule has 9 heteroatoms. The van der Waals surface area contributed by atoms with E-state index >= 15 is 0 Å². The molecule has 0 spiro atoms. The zero-order valence-corrected chi connectivity index (χ0v) is 15.5. The van der Waals surface area contributed by atoms with Gasteiger partial charge in [-0.1, -0.05) is 12.1 Å². The van der Waals surface area contributed by atoms with Gasteiger partial charge in [-0.3, -0.25) is 9.59 Å². The number of amides is 2. The molecule has 154 valence electrons. The van der Waals surface area contributed by atoms with Crippen LogP contribution in [0.1, 0.15) is 26.4 Å². The number of hydrogen-bond acceptors (Lipinski definition) is 3. The standard InChI is InChI=1S/C21H16F3N3O3/c22-13-9-16(23)19(17(24)10-13)21(29)27-6-4-12-2-1-3-14(8-12)30-15-5-7-26-18(11-15)20(25)28/h1-3,5,7-11H,4,6H2,(H2,25,28)(H,27,29)/p+1. The molecule has 3 rings (SSSR count). The van der Waals surface area contributed by atoms with Crippen molar-refractivity contribution >= 4 is 11.8 Å². The Balaban J connectivity index is 1.61. The Hall–Kier alpha value is -3.88. The molecule has 6 nitrogen and oxygen atoms in total. The molecule has 0 saturated heterocycles. The van der Waals surface area contributed by atoms with Crippen LogP contribution in [0.25, 0.3) is 0 Å². The van der Waals surface area contributed by atoms with Gasteiger partial charge < -0.3 is 15.8 Å². The predicted molar refractivity (Wildman–Crippen MR) is 100 cm³/mol. The fraction of sp³-hybridized carbons (Fsp3) is 0.0952. The smallest absolute Gasteiger partial charge is 0.313 e. The molecular formula is C21H17F3N3O3+. The van der Waals surface area contributed by atoms with Crippen molar-refractivity contribution in [2.45, 2.75) is 6.42 Å². The third-order valence-electron chi connectivity index (χ3n) is 4.11. The number of nitrogens with two attached hydrogens (primary N) is 1. The number of aromatic nitrogens is 1. The van der Waals surface area contributed by atoms with E-state index in [0.717, 1.165) is 5.56 Å². The third kappa shape index (κ3) is 5.13. The van der Waals surface area contributed by atoms with Gasteiger partial charge in [-0.25, -0.2) is 18.2 Å². The van der Waals surface area contributed by atoms with Gasteiger partial charge in [0.05, 0.1) is 6.07 Å². The van der Waals surface area contributed by atoms with E-state index in [0.29, 0.717) is 30.1 Å². The van der Waals surface area contributed by atoms with E-state index in [-0.39, 0.29) is 12.2 Å². The van der Waals surface area contributed by atoms with E-state index in [1.54, 1.807) is 30.3 Å². The van der Waals surface area contributed by atoms with E-state index in [1.807, 2.05) is 0 Å². The summed E-state index contributed by atoms with van der Waals surface area (Å²) in [6.45, 7) is 0.0880. The Morgan fingerprint density at radius 1 is 1.00 bits per heavy atom. The largest absolute Gasteiger partial charge is 0.457 e. The van der Waals surface area contributed by atoms with Gasteiger partial charge in [0.25, 0.3) is 11.6 Å². The van der Waals surface area contributed by atoms with Crippen LogP contribution in [0.4, 0.5) is 13.2 Å². The summed E-state index contributed by atoms with van der Waals surface area (Å²) in [4.78, 5) is 25.9. The summed E-state index contributed by atoms with van der Waals surface area (Å²) in [5.74, 6) is -4.36. The summed E-state index contributed by atoms with van der Waals surface area (Å²) in [7, 11) is 0. The number of pyridine rings is 1. The molecule has 0 aliphatic rings. The summed E-state index contributed by atoms with van der Waals surface area (Å²) in [6.07, 6.45) is 1.87. The molecule has 0 unspecified atom stereocenters. The van der Waals surface area contributed by atoms with E-state index < -0.39 is 34.8 Å². The van der Waals surface area contributed by atoms with Crippen molar-refractivity contribution in [2.24, 2.45) is 5.73 Å². The Bertz CT molecular complexity index is 1080.